The minimum atomic E-state index is -3.23. The third-order valence-corrected chi connectivity index (χ3v) is 4.03. The fourth-order valence-corrected chi connectivity index (χ4v) is 2.66. The van der Waals surface area contributed by atoms with E-state index in [4.69, 9.17) is 4.74 Å². The molecular weight excluding hydrogens is 372 g/mol. The molecule has 10 heteroatoms. The molecule has 0 spiro atoms. The fourth-order valence-electron chi connectivity index (χ4n) is 2.66. The van der Waals surface area contributed by atoms with Crippen LogP contribution in [0, 0.1) is 0 Å². The second-order valence-corrected chi connectivity index (χ2v) is 5.93. The van der Waals surface area contributed by atoms with Gasteiger partial charge in [0.1, 0.15) is 5.69 Å². The normalized spacial score (nSPS) is 11.6. The van der Waals surface area contributed by atoms with Crippen molar-refractivity contribution in [2.45, 2.75) is 5.92 Å². The Morgan fingerprint density at radius 2 is 1.96 bits per heavy atom. The first-order valence-electron chi connectivity index (χ1n) is 8.17. The molecule has 142 valence electrons. The van der Waals surface area contributed by atoms with E-state index in [0.29, 0.717) is 0 Å². The molecule has 28 heavy (non-hydrogen) atoms. The van der Waals surface area contributed by atoms with Crippen molar-refractivity contribution < 1.29 is 13.5 Å². The highest BCUT2D eigenvalue weighted by molar-refractivity contribution is 5.64. The van der Waals surface area contributed by atoms with Gasteiger partial charge in [0.2, 0.25) is 0 Å². The van der Waals surface area contributed by atoms with E-state index in [0.717, 1.165) is 0 Å². The Balaban J connectivity index is 1.72. The maximum Gasteiger partial charge on any atom is 0.325 e. The van der Waals surface area contributed by atoms with E-state index in [2.05, 4.69) is 20.1 Å². The van der Waals surface area contributed by atoms with Crippen molar-refractivity contribution in [3.05, 3.63) is 81.4 Å². The smallest absolute Gasteiger partial charge is 0.325 e. The molecule has 3 heterocycles. The average Bonchev–Trinajstić information content (AvgIpc) is 3.15. The van der Waals surface area contributed by atoms with Gasteiger partial charge in [0.05, 0.1) is 5.56 Å². The van der Waals surface area contributed by atoms with Crippen LogP contribution in [0.1, 0.15) is 5.56 Å². The van der Waals surface area contributed by atoms with Crippen molar-refractivity contribution >= 4 is 5.65 Å². The number of fused-ring (bicyclic) bond motifs is 1. The summed E-state index contributed by atoms with van der Waals surface area (Å²) in [6.07, 6.45) is 4.10. The molecule has 0 aliphatic heterocycles. The zero-order chi connectivity index (χ0) is 19.7. The van der Waals surface area contributed by atoms with Crippen LogP contribution in [0.25, 0.3) is 16.9 Å². The summed E-state index contributed by atoms with van der Waals surface area (Å²) in [5.41, 5.74) is -1.13. The molecule has 1 aromatic carbocycles. The predicted octanol–water partition coefficient (Wildman–Crippen LogP) is 1.94. The monoisotopic (exact) mass is 385 g/mol. The van der Waals surface area contributed by atoms with Crippen molar-refractivity contribution in [3.8, 4) is 17.0 Å². The lowest BCUT2D eigenvalue weighted by Gasteiger charge is -2.18. The van der Waals surface area contributed by atoms with Crippen LogP contribution in [0.2, 0.25) is 0 Å². The Hall–Kier alpha value is -3.82. The van der Waals surface area contributed by atoms with Crippen molar-refractivity contribution in [3.63, 3.8) is 0 Å². The molecule has 0 radical (unpaired) electrons. The predicted molar refractivity (Wildman–Crippen MR) is 95.5 cm³/mol. The zero-order valence-corrected chi connectivity index (χ0v) is 14.2. The summed E-state index contributed by atoms with van der Waals surface area (Å²) in [4.78, 5) is 31.7. The zero-order valence-electron chi connectivity index (χ0n) is 14.2. The largest absolute Gasteiger partial charge is 0.483 e. The van der Waals surface area contributed by atoms with Crippen LogP contribution in [0.5, 0.6) is 5.75 Å². The number of nitrogens with zero attached hydrogens (tertiary/aromatic N) is 3. The SMILES string of the molecule is O=c1[nH]cc(-c2cc(OCC(F)(F)c3ccccc3)c3nccn3n2)c(=O)[nH]1. The summed E-state index contributed by atoms with van der Waals surface area (Å²) in [5.74, 6) is -3.21. The molecule has 0 aliphatic rings. The molecule has 0 saturated heterocycles. The third kappa shape index (κ3) is 3.27. The van der Waals surface area contributed by atoms with E-state index in [1.165, 1.54) is 53.4 Å². The third-order valence-electron chi connectivity index (χ3n) is 4.03. The van der Waals surface area contributed by atoms with Crippen LogP contribution in [0.4, 0.5) is 8.78 Å². The number of imidazole rings is 1. The first-order valence-corrected chi connectivity index (χ1v) is 8.17. The number of halogens is 2. The van der Waals surface area contributed by atoms with Gasteiger partial charge >= 0.3 is 11.6 Å². The van der Waals surface area contributed by atoms with Gasteiger partial charge in [0.15, 0.2) is 18.0 Å². The van der Waals surface area contributed by atoms with E-state index in [1.807, 2.05) is 0 Å². The molecule has 0 saturated carbocycles. The molecule has 0 fully saturated rings. The number of hydrogen-bond donors (Lipinski definition) is 2. The maximum atomic E-state index is 14.4. The number of H-pyrrole nitrogens is 2. The summed E-state index contributed by atoms with van der Waals surface area (Å²) in [6, 6.07) is 8.63. The molecule has 0 amide bonds. The standard InChI is InChI=1S/C18H13F2N5O3/c19-18(20,11-4-2-1-3-5-11)10-28-14-8-13(24-25-7-6-21-15(14)25)12-9-22-17(27)23-16(12)26/h1-9H,10H2,(H2,22,23,26,27). The van der Waals surface area contributed by atoms with E-state index >= 15 is 0 Å². The number of aromatic amines is 2. The van der Waals surface area contributed by atoms with E-state index in [-0.39, 0.29) is 28.2 Å². The van der Waals surface area contributed by atoms with Crippen LogP contribution >= 0.6 is 0 Å². The maximum absolute atomic E-state index is 14.4. The molecule has 0 unspecified atom stereocenters. The minimum absolute atomic E-state index is 0.0243. The summed E-state index contributed by atoms with van der Waals surface area (Å²) in [7, 11) is 0. The summed E-state index contributed by atoms with van der Waals surface area (Å²) in [5, 5.41) is 4.20. The molecule has 4 aromatic rings. The minimum Gasteiger partial charge on any atom is -0.483 e. The lowest BCUT2D eigenvalue weighted by molar-refractivity contribution is -0.0464. The number of hydrogen-bond acceptors (Lipinski definition) is 5. The molecule has 4 rings (SSSR count). The van der Waals surface area contributed by atoms with Gasteiger partial charge in [-0.1, -0.05) is 30.3 Å². The molecule has 2 N–H and O–H groups in total. The van der Waals surface area contributed by atoms with Gasteiger partial charge < -0.3 is 9.72 Å². The fraction of sp³-hybridized carbons (Fsp3) is 0.111. The van der Waals surface area contributed by atoms with Gasteiger partial charge in [-0.05, 0) is 0 Å². The molecular formula is C18H13F2N5O3. The van der Waals surface area contributed by atoms with Gasteiger partial charge in [0.25, 0.3) is 5.56 Å². The number of ether oxygens (including phenoxy) is 1. The van der Waals surface area contributed by atoms with Crippen molar-refractivity contribution in [2.75, 3.05) is 6.61 Å². The Morgan fingerprint density at radius 3 is 2.71 bits per heavy atom. The second kappa shape index (κ2) is 6.72. The second-order valence-electron chi connectivity index (χ2n) is 5.93. The van der Waals surface area contributed by atoms with E-state index in [1.54, 1.807) is 6.07 Å². The highest BCUT2D eigenvalue weighted by Crippen LogP contribution is 2.30. The summed E-state index contributed by atoms with van der Waals surface area (Å²) in [6.45, 7) is -0.926. The summed E-state index contributed by atoms with van der Waals surface area (Å²) >= 11 is 0. The lowest BCUT2D eigenvalue weighted by atomic mass is 10.1. The van der Waals surface area contributed by atoms with Gasteiger partial charge in [-0.15, -0.1) is 0 Å². The van der Waals surface area contributed by atoms with Crippen LogP contribution in [0.15, 0.2) is 64.6 Å². The molecule has 8 nitrogen and oxygen atoms in total. The number of aromatic nitrogens is 5. The van der Waals surface area contributed by atoms with Crippen molar-refractivity contribution in [1.82, 2.24) is 24.6 Å². The summed E-state index contributed by atoms with van der Waals surface area (Å²) < 4.78 is 35.5. The number of benzene rings is 1. The van der Waals surface area contributed by atoms with Crippen molar-refractivity contribution in [2.24, 2.45) is 0 Å². The van der Waals surface area contributed by atoms with Crippen LogP contribution < -0.4 is 16.0 Å². The Labute approximate surface area is 155 Å². The Kier molecular flexibility index (Phi) is 4.22. The number of alkyl halides is 2. The highest BCUT2D eigenvalue weighted by atomic mass is 19.3. The lowest BCUT2D eigenvalue weighted by Crippen LogP contribution is -2.24. The first kappa shape index (κ1) is 17.6. The quantitative estimate of drug-likeness (QED) is 0.546. The van der Waals surface area contributed by atoms with Crippen molar-refractivity contribution in [1.29, 1.82) is 0 Å². The number of nitrogens with one attached hydrogen (secondary N) is 2. The van der Waals surface area contributed by atoms with Gasteiger partial charge in [-0.25, -0.2) is 14.3 Å². The first-order chi connectivity index (χ1) is 13.4. The Bertz CT molecular complexity index is 1250. The molecule has 3 aromatic heterocycles. The van der Waals surface area contributed by atoms with Gasteiger partial charge in [0, 0.05) is 30.2 Å². The van der Waals surface area contributed by atoms with Crippen LogP contribution in [-0.4, -0.2) is 31.2 Å². The van der Waals surface area contributed by atoms with Gasteiger partial charge in [-0.2, -0.15) is 13.9 Å². The molecule has 0 aliphatic carbocycles. The van der Waals surface area contributed by atoms with Crippen LogP contribution in [0.3, 0.4) is 0 Å². The van der Waals surface area contributed by atoms with Crippen LogP contribution in [-0.2, 0) is 5.92 Å². The molecule has 0 atom stereocenters. The number of rotatable bonds is 5. The molecule has 0 bridgehead atoms. The average molecular weight is 385 g/mol. The van der Waals surface area contributed by atoms with E-state index in [9.17, 15) is 18.4 Å². The Morgan fingerprint density at radius 1 is 1.18 bits per heavy atom. The van der Waals surface area contributed by atoms with Gasteiger partial charge in [-0.3, -0.25) is 9.78 Å². The van der Waals surface area contributed by atoms with E-state index < -0.39 is 23.8 Å². The highest BCUT2D eigenvalue weighted by Gasteiger charge is 2.33. The topological polar surface area (TPSA) is 105 Å².